The van der Waals surface area contributed by atoms with Crippen molar-refractivity contribution in [1.29, 1.82) is 0 Å². The molecular weight excluding hydrogens is 270 g/mol. The average molecular weight is 295 g/mol. The molecule has 1 saturated heterocycles. The summed E-state index contributed by atoms with van der Waals surface area (Å²) in [6.45, 7) is 7.87. The second kappa shape index (κ2) is 6.49. The standard InChI is InChI=1S/C12H25NO5S/c1-10(2)17-5-6-19(15,16)13-7-11(8-14)18-12(3,4)9-13/h10-11,14H,5-9H2,1-4H3. The Morgan fingerprint density at radius 1 is 1.47 bits per heavy atom. The zero-order valence-corrected chi connectivity index (χ0v) is 12.9. The summed E-state index contributed by atoms with van der Waals surface area (Å²) in [5, 5.41) is 9.18. The third-order valence-electron chi connectivity index (χ3n) is 2.84. The first-order chi connectivity index (χ1) is 8.66. The van der Waals surface area contributed by atoms with Gasteiger partial charge in [0.15, 0.2) is 0 Å². The number of hydrogen-bond acceptors (Lipinski definition) is 5. The van der Waals surface area contributed by atoms with E-state index in [1.165, 1.54) is 4.31 Å². The van der Waals surface area contributed by atoms with Crippen LogP contribution in [0, 0.1) is 0 Å². The highest BCUT2D eigenvalue weighted by molar-refractivity contribution is 7.89. The maximum absolute atomic E-state index is 12.2. The normalized spacial score (nSPS) is 24.8. The van der Waals surface area contributed by atoms with Gasteiger partial charge >= 0.3 is 0 Å². The third-order valence-corrected chi connectivity index (χ3v) is 4.59. The third kappa shape index (κ3) is 5.35. The van der Waals surface area contributed by atoms with Gasteiger partial charge in [-0.15, -0.1) is 0 Å². The molecule has 19 heavy (non-hydrogen) atoms. The molecule has 114 valence electrons. The summed E-state index contributed by atoms with van der Waals surface area (Å²) in [5.41, 5.74) is -0.586. The summed E-state index contributed by atoms with van der Waals surface area (Å²) in [6.07, 6.45) is -0.453. The highest BCUT2D eigenvalue weighted by Gasteiger charge is 2.38. The van der Waals surface area contributed by atoms with E-state index in [4.69, 9.17) is 9.47 Å². The number of nitrogens with zero attached hydrogens (tertiary/aromatic N) is 1. The van der Waals surface area contributed by atoms with Gasteiger partial charge in [-0.3, -0.25) is 0 Å². The molecule has 1 atom stereocenters. The van der Waals surface area contributed by atoms with E-state index in [-0.39, 0.29) is 31.6 Å². The van der Waals surface area contributed by atoms with E-state index < -0.39 is 21.7 Å². The fraction of sp³-hybridized carbons (Fsp3) is 1.00. The number of sulfonamides is 1. The number of rotatable bonds is 6. The van der Waals surface area contributed by atoms with Crippen LogP contribution in [-0.4, -0.2) is 67.7 Å². The zero-order chi connectivity index (χ0) is 14.7. The number of hydrogen-bond donors (Lipinski definition) is 1. The zero-order valence-electron chi connectivity index (χ0n) is 12.1. The maximum Gasteiger partial charge on any atom is 0.216 e. The van der Waals surface area contributed by atoms with Crippen molar-refractivity contribution < 1.29 is 23.0 Å². The fourth-order valence-electron chi connectivity index (χ4n) is 2.07. The van der Waals surface area contributed by atoms with Crippen LogP contribution in [0.2, 0.25) is 0 Å². The largest absolute Gasteiger partial charge is 0.394 e. The van der Waals surface area contributed by atoms with Crippen molar-refractivity contribution in [3.05, 3.63) is 0 Å². The lowest BCUT2D eigenvalue weighted by atomic mass is 10.1. The molecule has 0 radical (unpaired) electrons. The van der Waals surface area contributed by atoms with Crippen LogP contribution < -0.4 is 0 Å². The molecule has 1 aliphatic rings. The van der Waals surface area contributed by atoms with Crippen molar-refractivity contribution in [2.24, 2.45) is 0 Å². The van der Waals surface area contributed by atoms with Crippen LogP contribution in [0.5, 0.6) is 0 Å². The molecule has 1 fully saturated rings. The monoisotopic (exact) mass is 295 g/mol. The molecule has 0 bridgehead atoms. The van der Waals surface area contributed by atoms with Crippen LogP contribution in [-0.2, 0) is 19.5 Å². The first-order valence-electron chi connectivity index (χ1n) is 6.54. The average Bonchev–Trinajstić information content (AvgIpc) is 2.25. The van der Waals surface area contributed by atoms with Crippen molar-refractivity contribution in [1.82, 2.24) is 4.31 Å². The van der Waals surface area contributed by atoms with E-state index in [2.05, 4.69) is 0 Å². The minimum Gasteiger partial charge on any atom is -0.394 e. The van der Waals surface area contributed by atoms with Gasteiger partial charge in [0, 0.05) is 13.1 Å². The molecule has 0 aromatic carbocycles. The molecule has 1 rings (SSSR count). The summed E-state index contributed by atoms with van der Waals surface area (Å²) in [6, 6.07) is 0. The van der Waals surface area contributed by atoms with Crippen LogP contribution >= 0.6 is 0 Å². The molecule has 1 aliphatic heterocycles. The Hall–Kier alpha value is -0.210. The highest BCUT2D eigenvalue weighted by Crippen LogP contribution is 2.23. The van der Waals surface area contributed by atoms with Crippen molar-refractivity contribution >= 4 is 10.0 Å². The van der Waals surface area contributed by atoms with Crippen LogP contribution in [0.4, 0.5) is 0 Å². The van der Waals surface area contributed by atoms with Crippen molar-refractivity contribution in [2.45, 2.75) is 45.5 Å². The van der Waals surface area contributed by atoms with E-state index >= 15 is 0 Å². The quantitative estimate of drug-likeness (QED) is 0.758. The van der Waals surface area contributed by atoms with Crippen molar-refractivity contribution in [2.75, 3.05) is 32.1 Å². The topological polar surface area (TPSA) is 76.1 Å². The van der Waals surface area contributed by atoms with E-state index in [1.54, 1.807) is 0 Å². The molecule has 0 amide bonds. The molecule has 0 aromatic heterocycles. The molecule has 1 heterocycles. The molecule has 0 aromatic rings. The Balaban J connectivity index is 2.66. The van der Waals surface area contributed by atoms with Gasteiger partial charge in [-0.1, -0.05) is 0 Å². The predicted molar refractivity (Wildman–Crippen MR) is 72.5 cm³/mol. The number of ether oxygens (including phenoxy) is 2. The molecule has 0 spiro atoms. The molecule has 1 N–H and O–H groups in total. The Kier molecular flexibility index (Phi) is 5.76. The molecule has 0 aliphatic carbocycles. The van der Waals surface area contributed by atoms with Crippen LogP contribution in [0.3, 0.4) is 0 Å². The summed E-state index contributed by atoms with van der Waals surface area (Å²) in [7, 11) is -3.38. The first-order valence-corrected chi connectivity index (χ1v) is 8.15. The number of aliphatic hydroxyl groups is 1. The number of morpholine rings is 1. The van der Waals surface area contributed by atoms with E-state index in [0.29, 0.717) is 6.54 Å². The maximum atomic E-state index is 12.2. The second-order valence-corrected chi connectivity index (χ2v) is 7.80. The van der Waals surface area contributed by atoms with Gasteiger partial charge in [-0.25, -0.2) is 8.42 Å². The van der Waals surface area contributed by atoms with E-state index in [9.17, 15) is 13.5 Å². The van der Waals surface area contributed by atoms with Crippen LogP contribution in [0.15, 0.2) is 0 Å². The summed E-state index contributed by atoms with van der Waals surface area (Å²) < 4.78 is 36.7. The summed E-state index contributed by atoms with van der Waals surface area (Å²) in [5.74, 6) is -0.0423. The van der Waals surface area contributed by atoms with Gasteiger partial charge in [-0.2, -0.15) is 4.31 Å². The Labute approximate surface area is 115 Å². The predicted octanol–water partition coefficient (Wildman–Crippen LogP) is 0.213. The van der Waals surface area contributed by atoms with E-state index in [1.807, 2.05) is 27.7 Å². The van der Waals surface area contributed by atoms with Gasteiger partial charge in [0.1, 0.15) is 0 Å². The lowest BCUT2D eigenvalue weighted by molar-refractivity contribution is -0.131. The number of aliphatic hydroxyl groups excluding tert-OH is 1. The molecule has 0 saturated carbocycles. The van der Waals surface area contributed by atoms with Gasteiger partial charge in [0.05, 0.1) is 36.8 Å². The molecule has 6 nitrogen and oxygen atoms in total. The Morgan fingerprint density at radius 2 is 2.11 bits per heavy atom. The Morgan fingerprint density at radius 3 is 2.63 bits per heavy atom. The minimum absolute atomic E-state index is 0.0153. The fourth-order valence-corrected chi connectivity index (χ4v) is 3.53. The summed E-state index contributed by atoms with van der Waals surface area (Å²) >= 11 is 0. The van der Waals surface area contributed by atoms with Crippen LogP contribution in [0.1, 0.15) is 27.7 Å². The van der Waals surface area contributed by atoms with Gasteiger partial charge in [0.25, 0.3) is 0 Å². The van der Waals surface area contributed by atoms with Gasteiger partial charge < -0.3 is 14.6 Å². The van der Waals surface area contributed by atoms with E-state index in [0.717, 1.165) is 0 Å². The van der Waals surface area contributed by atoms with Gasteiger partial charge in [0.2, 0.25) is 10.0 Å². The molecule has 1 unspecified atom stereocenters. The smallest absolute Gasteiger partial charge is 0.216 e. The van der Waals surface area contributed by atoms with Crippen molar-refractivity contribution in [3.63, 3.8) is 0 Å². The highest BCUT2D eigenvalue weighted by atomic mass is 32.2. The minimum atomic E-state index is -3.38. The molecule has 7 heteroatoms. The van der Waals surface area contributed by atoms with Crippen molar-refractivity contribution in [3.8, 4) is 0 Å². The van der Waals surface area contributed by atoms with Gasteiger partial charge in [-0.05, 0) is 27.7 Å². The van der Waals surface area contributed by atoms with Crippen LogP contribution in [0.25, 0.3) is 0 Å². The second-order valence-electron chi connectivity index (χ2n) is 5.71. The summed E-state index contributed by atoms with van der Waals surface area (Å²) in [4.78, 5) is 0. The lowest BCUT2D eigenvalue weighted by Gasteiger charge is -2.41. The molecular formula is C12H25NO5S. The SMILES string of the molecule is CC(C)OCCS(=O)(=O)N1CC(CO)OC(C)(C)C1. The Bertz CT molecular complexity index is 380. The first kappa shape index (κ1) is 16.8. The lowest BCUT2D eigenvalue weighted by Crippen LogP contribution is -2.56.